The predicted molar refractivity (Wildman–Crippen MR) is 78.0 cm³/mol. The van der Waals surface area contributed by atoms with E-state index in [9.17, 15) is 9.90 Å². The minimum Gasteiger partial charge on any atom is -0.393 e. The highest BCUT2D eigenvalue weighted by atomic mass is 16.5. The summed E-state index contributed by atoms with van der Waals surface area (Å²) in [5, 5.41) is 9.97. The van der Waals surface area contributed by atoms with Crippen molar-refractivity contribution in [1.29, 1.82) is 0 Å². The van der Waals surface area contributed by atoms with Crippen LogP contribution in [0.25, 0.3) is 0 Å². The number of hydrogen-bond acceptors (Lipinski definition) is 4. The van der Waals surface area contributed by atoms with Gasteiger partial charge in [-0.2, -0.15) is 0 Å². The number of pyridine rings is 1. The van der Waals surface area contributed by atoms with Crippen molar-refractivity contribution in [3.05, 3.63) is 29.6 Å². The number of likely N-dealkylation sites (tertiary alicyclic amines) is 1. The maximum absolute atomic E-state index is 12.7. The van der Waals surface area contributed by atoms with E-state index in [4.69, 9.17) is 4.74 Å². The number of fused-ring (bicyclic) bond motifs is 1. The van der Waals surface area contributed by atoms with E-state index in [1.807, 2.05) is 24.0 Å². The number of methoxy groups -OCH3 is 1. The first-order chi connectivity index (χ1) is 10.1. The molecule has 3 rings (SSSR count). The zero-order valence-electron chi connectivity index (χ0n) is 12.6. The Morgan fingerprint density at radius 1 is 1.48 bits per heavy atom. The van der Waals surface area contributed by atoms with Gasteiger partial charge in [0.15, 0.2) is 0 Å². The molecule has 1 aliphatic carbocycles. The molecule has 0 radical (unpaired) electrons. The topological polar surface area (TPSA) is 62.7 Å². The van der Waals surface area contributed by atoms with Gasteiger partial charge in [0.05, 0.1) is 17.7 Å². The summed E-state index contributed by atoms with van der Waals surface area (Å²) in [4.78, 5) is 18.9. The van der Waals surface area contributed by atoms with Crippen molar-refractivity contribution in [3.8, 4) is 0 Å². The molecular formula is C16H22N2O3. The quantitative estimate of drug-likeness (QED) is 0.897. The van der Waals surface area contributed by atoms with E-state index in [2.05, 4.69) is 4.98 Å². The molecular weight excluding hydrogens is 268 g/mol. The Morgan fingerprint density at radius 3 is 3.00 bits per heavy atom. The molecule has 1 aliphatic heterocycles. The number of aliphatic hydroxyl groups is 1. The summed E-state index contributed by atoms with van der Waals surface area (Å²) in [6.45, 7) is 2.55. The Labute approximate surface area is 124 Å². The maximum atomic E-state index is 12.7. The van der Waals surface area contributed by atoms with Gasteiger partial charge in [0.25, 0.3) is 5.91 Å². The molecule has 2 aliphatic rings. The Kier molecular flexibility index (Phi) is 3.71. The molecule has 2 heterocycles. The van der Waals surface area contributed by atoms with Gasteiger partial charge in [0.1, 0.15) is 5.69 Å². The molecule has 21 heavy (non-hydrogen) atoms. The first-order valence-corrected chi connectivity index (χ1v) is 7.53. The first-order valence-electron chi connectivity index (χ1n) is 7.53. The number of aromatic nitrogens is 1. The fourth-order valence-electron chi connectivity index (χ4n) is 3.73. The molecule has 0 unspecified atom stereocenters. The van der Waals surface area contributed by atoms with Crippen LogP contribution in [-0.4, -0.2) is 52.3 Å². The third-order valence-electron chi connectivity index (χ3n) is 4.93. The van der Waals surface area contributed by atoms with E-state index in [0.717, 1.165) is 25.0 Å². The molecule has 1 N–H and O–H groups in total. The van der Waals surface area contributed by atoms with Crippen LogP contribution in [-0.2, 0) is 4.74 Å². The highest BCUT2D eigenvalue weighted by Gasteiger charge is 2.52. The second-order valence-electron chi connectivity index (χ2n) is 6.13. The molecule has 0 bridgehead atoms. The van der Waals surface area contributed by atoms with E-state index < -0.39 is 0 Å². The molecule has 3 atom stereocenters. The molecule has 0 spiro atoms. The molecule has 2 fully saturated rings. The number of rotatable bonds is 2. The molecule has 1 aromatic rings. The summed E-state index contributed by atoms with van der Waals surface area (Å²) >= 11 is 0. The highest BCUT2D eigenvalue weighted by Crippen LogP contribution is 2.42. The van der Waals surface area contributed by atoms with E-state index >= 15 is 0 Å². The largest absolute Gasteiger partial charge is 0.393 e. The summed E-state index contributed by atoms with van der Waals surface area (Å²) in [6, 6.07) is 5.43. The molecule has 1 amide bonds. The number of nitrogens with zero attached hydrogens (tertiary/aromatic N) is 2. The van der Waals surface area contributed by atoms with Gasteiger partial charge in [0, 0.05) is 19.3 Å². The molecule has 1 saturated heterocycles. The van der Waals surface area contributed by atoms with Crippen molar-refractivity contribution < 1.29 is 14.6 Å². The van der Waals surface area contributed by atoms with Crippen molar-refractivity contribution in [2.45, 2.75) is 50.4 Å². The molecule has 0 aromatic carbocycles. The average Bonchev–Trinajstić information content (AvgIpc) is 2.86. The van der Waals surface area contributed by atoms with E-state index in [1.54, 1.807) is 13.2 Å². The number of carbonyl (C=O) groups excluding carboxylic acids is 1. The summed E-state index contributed by atoms with van der Waals surface area (Å²) in [6.07, 6.45) is 2.62. The number of ether oxygens (including phenoxy) is 1. The van der Waals surface area contributed by atoms with Crippen LogP contribution in [0.4, 0.5) is 0 Å². The monoisotopic (exact) mass is 290 g/mol. The van der Waals surface area contributed by atoms with Gasteiger partial charge in [-0.05, 0) is 44.7 Å². The van der Waals surface area contributed by atoms with Gasteiger partial charge in [-0.25, -0.2) is 4.98 Å². The number of hydrogen-bond donors (Lipinski definition) is 1. The average molecular weight is 290 g/mol. The third-order valence-corrected chi connectivity index (χ3v) is 4.93. The lowest BCUT2D eigenvalue weighted by atomic mass is 9.79. The minimum absolute atomic E-state index is 0.0546. The van der Waals surface area contributed by atoms with Gasteiger partial charge in [-0.3, -0.25) is 4.79 Å². The second-order valence-corrected chi connectivity index (χ2v) is 6.13. The van der Waals surface area contributed by atoms with Crippen molar-refractivity contribution in [1.82, 2.24) is 9.88 Å². The van der Waals surface area contributed by atoms with Crippen LogP contribution < -0.4 is 0 Å². The van der Waals surface area contributed by atoms with Crippen molar-refractivity contribution >= 4 is 5.91 Å². The van der Waals surface area contributed by atoms with Crippen LogP contribution in [0.1, 0.15) is 41.9 Å². The molecule has 5 nitrogen and oxygen atoms in total. The van der Waals surface area contributed by atoms with Crippen molar-refractivity contribution in [2.24, 2.45) is 0 Å². The Hall–Kier alpha value is -1.46. The van der Waals surface area contributed by atoms with Crippen LogP contribution in [0.5, 0.6) is 0 Å². The Morgan fingerprint density at radius 2 is 2.29 bits per heavy atom. The molecule has 114 valence electrons. The standard InChI is InChI=1S/C16H22N2O3/c1-11-4-3-5-13(17-11)15(20)18-9-8-16(21-2)7-6-12(19)10-14(16)18/h3-5,12,14,19H,6-10H2,1-2H3/t12-,14+,16-/m1/s1. The van der Waals surface area contributed by atoms with Gasteiger partial charge in [-0.15, -0.1) is 0 Å². The number of aliphatic hydroxyl groups excluding tert-OH is 1. The van der Waals surface area contributed by atoms with E-state index in [1.165, 1.54) is 0 Å². The fourth-order valence-corrected chi connectivity index (χ4v) is 3.73. The SMILES string of the molecule is CO[C@@]12CC[C@@H](O)C[C@@H]1N(C(=O)c1cccc(C)n1)CC2. The number of amides is 1. The van der Waals surface area contributed by atoms with Crippen LogP contribution >= 0.6 is 0 Å². The van der Waals surface area contributed by atoms with Crippen molar-refractivity contribution in [3.63, 3.8) is 0 Å². The predicted octanol–water partition coefficient (Wildman–Crippen LogP) is 1.53. The van der Waals surface area contributed by atoms with E-state index in [-0.39, 0.29) is 23.7 Å². The van der Waals surface area contributed by atoms with Crippen LogP contribution in [0.2, 0.25) is 0 Å². The second kappa shape index (κ2) is 5.39. The first kappa shape index (κ1) is 14.5. The number of aryl methyl sites for hydroxylation is 1. The lowest BCUT2D eigenvalue weighted by Crippen LogP contribution is -2.52. The van der Waals surface area contributed by atoms with Crippen LogP contribution in [0.15, 0.2) is 18.2 Å². The Bertz CT molecular complexity index is 548. The normalized spacial score (nSPS) is 32.0. The smallest absolute Gasteiger partial charge is 0.272 e. The maximum Gasteiger partial charge on any atom is 0.272 e. The lowest BCUT2D eigenvalue weighted by molar-refractivity contribution is -0.0824. The van der Waals surface area contributed by atoms with Crippen molar-refractivity contribution in [2.75, 3.05) is 13.7 Å². The van der Waals surface area contributed by atoms with Gasteiger partial charge >= 0.3 is 0 Å². The summed E-state index contributed by atoms with van der Waals surface area (Å²) < 4.78 is 5.77. The zero-order valence-corrected chi connectivity index (χ0v) is 12.6. The van der Waals surface area contributed by atoms with Crippen LogP contribution in [0.3, 0.4) is 0 Å². The highest BCUT2D eigenvalue weighted by molar-refractivity contribution is 5.93. The summed E-state index contributed by atoms with van der Waals surface area (Å²) in [5.74, 6) is -0.0586. The molecule has 1 aromatic heterocycles. The van der Waals surface area contributed by atoms with Gasteiger partial charge < -0.3 is 14.7 Å². The Balaban J connectivity index is 1.87. The van der Waals surface area contributed by atoms with E-state index in [0.29, 0.717) is 18.7 Å². The zero-order chi connectivity index (χ0) is 15.0. The third kappa shape index (κ3) is 2.45. The summed E-state index contributed by atoms with van der Waals surface area (Å²) in [7, 11) is 1.71. The fraction of sp³-hybridized carbons (Fsp3) is 0.625. The van der Waals surface area contributed by atoms with Gasteiger partial charge in [0.2, 0.25) is 0 Å². The lowest BCUT2D eigenvalue weighted by Gasteiger charge is -2.42. The molecule has 5 heteroatoms. The minimum atomic E-state index is -0.350. The molecule has 1 saturated carbocycles. The summed E-state index contributed by atoms with van der Waals surface area (Å²) in [5.41, 5.74) is 1.02. The number of carbonyl (C=O) groups is 1. The van der Waals surface area contributed by atoms with Crippen LogP contribution in [0, 0.1) is 6.92 Å². The van der Waals surface area contributed by atoms with Gasteiger partial charge in [-0.1, -0.05) is 6.07 Å².